The summed E-state index contributed by atoms with van der Waals surface area (Å²) in [5.74, 6) is 1.02. The zero-order valence-electron chi connectivity index (χ0n) is 11.2. The first kappa shape index (κ1) is 13.1. The van der Waals surface area contributed by atoms with Crippen LogP contribution in [0.3, 0.4) is 0 Å². The van der Waals surface area contributed by atoms with Crippen LogP contribution in [0, 0.1) is 0 Å². The summed E-state index contributed by atoms with van der Waals surface area (Å²) in [5, 5.41) is 5.05. The number of rotatable bonds is 3. The van der Waals surface area contributed by atoms with E-state index in [2.05, 4.69) is 15.2 Å². The number of hydrogen-bond donors (Lipinski definition) is 1. The molecule has 1 amide bonds. The van der Waals surface area contributed by atoms with Gasteiger partial charge in [0, 0.05) is 25.3 Å². The molecule has 1 aliphatic heterocycles. The molecular formula is C15H17N3OS. The molecule has 4 nitrogen and oxygen atoms in total. The van der Waals surface area contributed by atoms with Crippen molar-refractivity contribution in [3.63, 3.8) is 0 Å². The molecule has 0 aromatic carbocycles. The van der Waals surface area contributed by atoms with E-state index < -0.39 is 0 Å². The predicted molar refractivity (Wildman–Crippen MR) is 81.3 cm³/mol. The molecule has 1 fully saturated rings. The maximum absolute atomic E-state index is 12.1. The number of aromatic nitrogens is 1. The van der Waals surface area contributed by atoms with E-state index >= 15 is 0 Å². The fourth-order valence-corrected chi connectivity index (χ4v) is 3.13. The average molecular weight is 287 g/mol. The van der Waals surface area contributed by atoms with Crippen LogP contribution in [0.5, 0.6) is 0 Å². The Labute approximate surface area is 122 Å². The van der Waals surface area contributed by atoms with Crippen LogP contribution in [-0.2, 0) is 0 Å². The quantitative estimate of drug-likeness (QED) is 0.943. The van der Waals surface area contributed by atoms with Crippen molar-refractivity contribution in [3.8, 4) is 0 Å². The predicted octanol–water partition coefficient (Wildman–Crippen LogP) is 2.54. The van der Waals surface area contributed by atoms with Gasteiger partial charge in [-0.3, -0.25) is 4.79 Å². The Bertz CT molecular complexity index is 556. The Morgan fingerprint density at radius 2 is 2.30 bits per heavy atom. The van der Waals surface area contributed by atoms with E-state index in [1.807, 2.05) is 41.9 Å². The number of thiophene rings is 1. The van der Waals surface area contributed by atoms with Crippen molar-refractivity contribution in [2.75, 3.05) is 18.0 Å². The van der Waals surface area contributed by atoms with E-state index in [0.717, 1.165) is 36.6 Å². The number of amides is 1. The number of hydrogen-bond acceptors (Lipinski definition) is 4. The van der Waals surface area contributed by atoms with Crippen molar-refractivity contribution in [1.82, 2.24) is 10.3 Å². The molecule has 2 aromatic heterocycles. The van der Waals surface area contributed by atoms with E-state index in [0.29, 0.717) is 0 Å². The molecular weight excluding hydrogens is 270 g/mol. The van der Waals surface area contributed by atoms with Crippen LogP contribution in [0.2, 0.25) is 0 Å². The molecule has 1 saturated heterocycles. The zero-order chi connectivity index (χ0) is 13.8. The van der Waals surface area contributed by atoms with E-state index in [9.17, 15) is 4.79 Å². The molecule has 0 bridgehead atoms. The summed E-state index contributed by atoms with van der Waals surface area (Å²) in [6, 6.07) is 9.89. The average Bonchev–Trinajstić information content (AvgIpc) is 3.03. The van der Waals surface area contributed by atoms with Crippen molar-refractivity contribution in [2.24, 2.45) is 0 Å². The molecule has 0 saturated carbocycles. The number of pyridine rings is 1. The van der Waals surface area contributed by atoms with E-state index in [4.69, 9.17) is 0 Å². The molecule has 104 valence electrons. The molecule has 3 rings (SSSR count). The molecule has 1 N–H and O–H groups in total. The number of nitrogens with one attached hydrogen (secondary N) is 1. The van der Waals surface area contributed by atoms with E-state index in [1.54, 1.807) is 0 Å². The fraction of sp³-hybridized carbons (Fsp3) is 0.333. The molecule has 2 aromatic rings. The lowest BCUT2D eigenvalue weighted by molar-refractivity contribution is 0.0937. The molecule has 3 heterocycles. The molecule has 0 unspecified atom stereocenters. The van der Waals surface area contributed by atoms with Gasteiger partial charge in [0.15, 0.2) is 0 Å². The highest BCUT2D eigenvalue weighted by Crippen LogP contribution is 2.18. The third-order valence-electron chi connectivity index (χ3n) is 3.47. The highest BCUT2D eigenvalue weighted by Gasteiger charge is 2.22. The van der Waals surface area contributed by atoms with Gasteiger partial charge in [0.1, 0.15) is 5.82 Å². The highest BCUT2D eigenvalue weighted by atomic mass is 32.1. The Morgan fingerprint density at radius 1 is 1.35 bits per heavy atom. The second kappa shape index (κ2) is 6.05. The van der Waals surface area contributed by atoms with Gasteiger partial charge in [0.2, 0.25) is 0 Å². The van der Waals surface area contributed by atoms with Crippen LogP contribution >= 0.6 is 11.3 Å². The second-order valence-electron chi connectivity index (χ2n) is 4.92. The van der Waals surface area contributed by atoms with Crippen molar-refractivity contribution >= 4 is 23.1 Å². The normalized spacial score (nSPS) is 18.8. The first-order chi connectivity index (χ1) is 9.83. The van der Waals surface area contributed by atoms with Gasteiger partial charge in [-0.05, 0) is 36.4 Å². The summed E-state index contributed by atoms with van der Waals surface area (Å²) >= 11 is 1.48. The third kappa shape index (κ3) is 2.99. The Balaban J connectivity index is 1.62. The lowest BCUT2D eigenvalue weighted by Gasteiger charge is -2.33. The Morgan fingerprint density at radius 3 is 3.05 bits per heavy atom. The summed E-state index contributed by atoms with van der Waals surface area (Å²) in [4.78, 5) is 19.5. The summed E-state index contributed by atoms with van der Waals surface area (Å²) < 4.78 is 0. The van der Waals surface area contributed by atoms with Crippen molar-refractivity contribution < 1.29 is 4.79 Å². The van der Waals surface area contributed by atoms with Crippen LogP contribution in [0.15, 0.2) is 41.9 Å². The summed E-state index contributed by atoms with van der Waals surface area (Å²) in [5.41, 5.74) is 0. The minimum absolute atomic E-state index is 0.0351. The smallest absolute Gasteiger partial charge is 0.261 e. The SMILES string of the molecule is O=C(N[C@@H]1CCCN(c2ccccn2)C1)c1cccs1. The van der Waals surface area contributed by atoms with Gasteiger partial charge in [0.25, 0.3) is 5.91 Å². The number of piperidine rings is 1. The first-order valence-electron chi connectivity index (χ1n) is 6.83. The number of anilines is 1. The highest BCUT2D eigenvalue weighted by molar-refractivity contribution is 7.12. The van der Waals surface area contributed by atoms with Gasteiger partial charge in [-0.1, -0.05) is 12.1 Å². The number of carbonyl (C=O) groups excluding carboxylic acids is 1. The third-order valence-corrected chi connectivity index (χ3v) is 4.34. The molecule has 5 heteroatoms. The largest absolute Gasteiger partial charge is 0.355 e. The topological polar surface area (TPSA) is 45.2 Å². The summed E-state index contributed by atoms with van der Waals surface area (Å²) in [6.07, 6.45) is 3.91. The standard InChI is InChI=1S/C15H17N3OS/c19-15(13-6-4-10-20-13)17-12-5-3-9-18(11-12)14-7-1-2-8-16-14/h1-2,4,6-8,10,12H,3,5,9,11H2,(H,17,19)/t12-/m1/s1. The van der Waals surface area contributed by atoms with Crippen molar-refractivity contribution in [1.29, 1.82) is 0 Å². The van der Waals surface area contributed by atoms with Crippen molar-refractivity contribution in [2.45, 2.75) is 18.9 Å². The van der Waals surface area contributed by atoms with Crippen LogP contribution in [0.1, 0.15) is 22.5 Å². The minimum atomic E-state index is 0.0351. The van der Waals surface area contributed by atoms with Crippen LogP contribution in [0.4, 0.5) is 5.82 Å². The lowest BCUT2D eigenvalue weighted by atomic mass is 10.1. The molecule has 0 spiro atoms. The summed E-state index contributed by atoms with van der Waals surface area (Å²) in [7, 11) is 0. The van der Waals surface area contributed by atoms with Gasteiger partial charge in [-0.2, -0.15) is 0 Å². The molecule has 1 atom stereocenters. The maximum atomic E-state index is 12.1. The van der Waals surface area contributed by atoms with Crippen LogP contribution in [0.25, 0.3) is 0 Å². The molecule has 0 radical (unpaired) electrons. The Kier molecular flexibility index (Phi) is 3.97. The number of carbonyl (C=O) groups is 1. The number of nitrogens with zero attached hydrogens (tertiary/aromatic N) is 2. The maximum Gasteiger partial charge on any atom is 0.261 e. The Hall–Kier alpha value is -1.88. The fourth-order valence-electron chi connectivity index (χ4n) is 2.51. The molecule has 0 aliphatic carbocycles. The van der Waals surface area contributed by atoms with E-state index in [-0.39, 0.29) is 11.9 Å². The van der Waals surface area contributed by atoms with E-state index in [1.165, 1.54) is 11.3 Å². The lowest BCUT2D eigenvalue weighted by Crippen LogP contribution is -2.47. The van der Waals surface area contributed by atoms with Crippen LogP contribution in [-0.4, -0.2) is 30.0 Å². The van der Waals surface area contributed by atoms with Gasteiger partial charge in [-0.25, -0.2) is 4.98 Å². The molecule has 1 aliphatic rings. The van der Waals surface area contributed by atoms with Gasteiger partial charge in [-0.15, -0.1) is 11.3 Å². The van der Waals surface area contributed by atoms with Gasteiger partial charge < -0.3 is 10.2 Å². The first-order valence-corrected chi connectivity index (χ1v) is 7.71. The second-order valence-corrected chi connectivity index (χ2v) is 5.87. The van der Waals surface area contributed by atoms with Gasteiger partial charge in [0.05, 0.1) is 4.88 Å². The zero-order valence-corrected chi connectivity index (χ0v) is 12.0. The summed E-state index contributed by atoms with van der Waals surface area (Å²) in [6.45, 7) is 1.83. The minimum Gasteiger partial charge on any atom is -0.355 e. The monoisotopic (exact) mass is 287 g/mol. The van der Waals surface area contributed by atoms with Crippen LogP contribution < -0.4 is 10.2 Å². The molecule has 20 heavy (non-hydrogen) atoms. The van der Waals surface area contributed by atoms with Crippen molar-refractivity contribution in [3.05, 3.63) is 46.8 Å². The van der Waals surface area contributed by atoms with Gasteiger partial charge >= 0.3 is 0 Å².